The van der Waals surface area contributed by atoms with E-state index in [-0.39, 0.29) is 11.5 Å². The summed E-state index contributed by atoms with van der Waals surface area (Å²) in [6, 6.07) is 14.4. The molecule has 0 unspecified atom stereocenters. The van der Waals surface area contributed by atoms with Crippen molar-refractivity contribution < 1.29 is 4.39 Å². The number of aromatic nitrogens is 3. The maximum absolute atomic E-state index is 14.8. The average Bonchev–Trinajstić information content (AvgIpc) is 2.71. The van der Waals surface area contributed by atoms with Crippen LogP contribution in [0.3, 0.4) is 0 Å². The van der Waals surface area contributed by atoms with Crippen molar-refractivity contribution in [2.24, 2.45) is 5.92 Å². The molecule has 2 aromatic carbocycles. The lowest BCUT2D eigenvalue weighted by Crippen LogP contribution is -2.30. The molecular weight excluding hydrogens is 353 g/mol. The molecule has 1 aliphatic carbocycles. The highest BCUT2D eigenvalue weighted by atomic mass is 19.1. The quantitative estimate of drug-likeness (QED) is 0.643. The highest BCUT2D eigenvalue weighted by Gasteiger charge is 2.20. The summed E-state index contributed by atoms with van der Waals surface area (Å²) in [7, 11) is 0. The molecular formula is C23H24FN3O. The first-order valence-corrected chi connectivity index (χ1v) is 9.93. The third kappa shape index (κ3) is 3.88. The van der Waals surface area contributed by atoms with Crippen LogP contribution in [0.25, 0.3) is 22.5 Å². The molecule has 0 bridgehead atoms. The van der Waals surface area contributed by atoms with Crippen LogP contribution >= 0.6 is 0 Å². The van der Waals surface area contributed by atoms with Gasteiger partial charge in [0.1, 0.15) is 17.2 Å². The van der Waals surface area contributed by atoms with E-state index in [4.69, 9.17) is 0 Å². The summed E-state index contributed by atoms with van der Waals surface area (Å²) in [6.07, 6.45) is 5.83. The molecule has 0 N–H and O–H groups in total. The lowest BCUT2D eigenvalue weighted by molar-refractivity contribution is 0.301. The van der Waals surface area contributed by atoms with Crippen molar-refractivity contribution in [1.29, 1.82) is 0 Å². The minimum absolute atomic E-state index is 0.352. The number of hydrogen-bond donors (Lipinski definition) is 0. The predicted octanol–water partition coefficient (Wildman–Crippen LogP) is 5.00. The zero-order chi connectivity index (χ0) is 19.5. The smallest absolute Gasteiger partial charge is 0.244 e. The molecule has 5 heteroatoms. The second-order valence-corrected chi connectivity index (χ2v) is 7.63. The Hall–Kier alpha value is -2.82. The van der Waals surface area contributed by atoms with Gasteiger partial charge in [-0.05, 0) is 43.4 Å². The largest absolute Gasteiger partial charge is 0.364 e. The van der Waals surface area contributed by atoms with Gasteiger partial charge in [-0.2, -0.15) is 10.1 Å². The Labute approximate surface area is 164 Å². The zero-order valence-electron chi connectivity index (χ0n) is 16.1. The highest BCUT2D eigenvalue weighted by molar-refractivity contribution is 5.77. The van der Waals surface area contributed by atoms with Gasteiger partial charge in [-0.3, -0.25) is 0 Å². The summed E-state index contributed by atoms with van der Waals surface area (Å²) < 4.78 is 16.2. The fourth-order valence-electron chi connectivity index (χ4n) is 3.94. The summed E-state index contributed by atoms with van der Waals surface area (Å²) in [5.41, 5.74) is 2.43. The molecule has 4 rings (SSSR count). The third-order valence-electron chi connectivity index (χ3n) is 5.46. The summed E-state index contributed by atoms with van der Waals surface area (Å²) in [5, 5.41) is 4.61. The lowest BCUT2D eigenvalue weighted by atomic mass is 9.89. The molecule has 4 nitrogen and oxygen atoms in total. The van der Waals surface area contributed by atoms with Crippen LogP contribution in [0.1, 0.15) is 37.7 Å². The van der Waals surface area contributed by atoms with E-state index in [1.165, 1.54) is 30.0 Å². The topological polar surface area (TPSA) is 47.8 Å². The lowest BCUT2D eigenvalue weighted by Gasteiger charge is -2.22. The monoisotopic (exact) mass is 377 g/mol. The van der Waals surface area contributed by atoms with Gasteiger partial charge in [-0.1, -0.05) is 55.7 Å². The second kappa shape index (κ2) is 8.05. The Morgan fingerprint density at radius 2 is 1.79 bits per heavy atom. The molecule has 0 spiro atoms. The highest BCUT2D eigenvalue weighted by Crippen LogP contribution is 2.30. The van der Waals surface area contributed by atoms with Crippen LogP contribution in [0, 0.1) is 18.7 Å². The van der Waals surface area contributed by atoms with E-state index in [1.54, 1.807) is 6.07 Å². The fraction of sp³-hybridized carbons (Fsp3) is 0.348. The van der Waals surface area contributed by atoms with E-state index >= 15 is 0 Å². The molecule has 28 heavy (non-hydrogen) atoms. The minimum atomic E-state index is -0.374. The normalized spacial score (nSPS) is 14.9. The van der Waals surface area contributed by atoms with Gasteiger partial charge in [-0.15, -0.1) is 0 Å². The molecule has 1 heterocycles. The summed E-state index contributed by atoms with van der Waals surface area (Å²) in [6.45, 7) is 2.39. The molecule has 1 saturated carbocycles. The van der Waals surface area contributed by atoms with Crippen molar-refractivity contribution in [2.75, 3.05) is 0 Å². The first kappa shape index (κ1) is 18.5. The maximum atomic E-state index is 14.8. The van der Waals surface area contributed by atoms with Crippen LogP contribution in [0.2, 0.25) is 0 Å². The van der Waals surface area contributed by atoms with Crippen LogP contribution in [0.4, 0.5) is 4.39 Å². The van der Waals surface area contributed by atoms with Gasteiger partial charge in [0.25, 0.3) is 0 Å². The standard InChI is InChI=1S/C23H24FN3O/c1-16-12-13-19(20(24)14-16)22-21(18-10-6-3-7-11-18)25-23(28)27(26-22)15-17-8-4-2-5-9-17/h3,6-7,10-14,17H,2,4-5,8-9,15H2,1H3. The van der Waals surface area contributed by atoms with Crippen molar-refractivity contribution in [2.45, 2.75) is 45.6 Å². The predicted molar refractivity (Wildman–Crippen MR) is 108 cm³/mol. The van der Waals surface area contributed by atoms with E-state index in [9.17, 15) is 9.18 Å². The van der Waals surface area contributed by atoms with Crippen molar-refractivity contribution >= 4 is 0 Å². The number of hydrogen-bond acceptors (Lipinski definition) is 3. The Balaban J connectivity index is 1.84. The molecule has 0 amide bonds. The van der Waals surface area contributed by atoms with E-state index in [2.05, 4.69) is 10.1 Å². The Bertz CT molecular complexity index is 1020. The Morgan fingerprint density at radius 3 is 2.50 bits per heavy atom. The van der Waals surface area contributed by atoms with Crippen molar-refractivity contribution in [3.05, 3.63) is 70.4 Å². The molecule has 1 aromatic heterocycles. The van der Waals surface area contributed by atoms with Gasteiger partial charge in [0.05, 0.1) is 0 Å². The van der Waals surface area contributed by atoms with Crippen molar-refractivity contribution in [1.82, 2.24) is 14.8 Å². The molecule has 0 saturated heterocycles. The minimum Gasteiger partial charge on any atom is -0.244 e. The SMILES string of the molecule is Cc1ccc(-c2nn(CC3CCCCC3)c(=O)nc2-c2ccccc2)c(F)c1. The summed E-state index contributed by atoms with van der Waals surface area (Å²) in [4.78, 5) is 17.0. The van der Waals surface area contributed by atoms with Crippen LogP contribution in [-0.4, -0.2) is 14.8 Å². The summed E-state index contributed by atoms with van der Waals surface area (Å²) >= 11 is 0. The molecule has 3 aromatic rings. The van der Waals surface area contributed by atoms with Crippen LogP contribution < -0.4 is 5.69 Å². The molecule has 144 valence electrons. The molecule has 0 atom stereocenters. The van der Waals surface area contributed by atoms with E-state index in [0.717, 1.165) is 24.0 Å². The summed E-state index contributed by atoms with van der Waals surface area (Å²) in [5.74, 6) is 0.0772. The van der Waals surface area contributed by atoms with Crippen molar-refractivity contribution in [3.8, 4) is 22.5 Å². The maximum Gasteiger partial charge on any atom is 0.364 e. The van der Waals surface area contributed by atoms with Crippen molar-refractivity contribution in [3.63, 3.8) is 0 Å². The third-order valence-corrected chi connectivity index (χ3v) is 5.46. The molecule has 1 fully saturated rings. The number of benzene rings is 2. The van der Waals surface area contributed by atoms with Gasteiger partial charge in [0.15, 0.2) is 0 Å². The zero-order valence-corrected chi connectivity index (χ0v) is 16.1. The number of aryl methyl sites for hydroxylation is 1. The van der Waals surface area contributed by atoms with E-state index in [0.29, 0.717) is 29.4 Å². The van der Waals surface area contributed by atoms with Crippen LogP contribution in [0.5, 0.6) is 0 Å². The number of halogens is 1. The van der Waals surface area contributed by atoms with Crippen LogP contribution in [-0.2, 0) is 6.54 Å². The molecule has 0 radical (unpaired) electrons. The molecule has 0 aliphatic heterocycles. The second-order valence-electron chi connectivity index (χ2n) is 7.63. The first-order valence-electron chi connectivity index (χ1n) is 9.93. The fourth-order valence-corrected chi connectivity index (χ4v) is 3.94. The van der Waals surface area contributed by atoms with E-state index < -0.39 is 0 Å². The molecule has 1 aliphatic rings. The van der Waals surface area contributed by atoms with E-state index in [1.807, 2.05) is 43.3 Å². The van der Waals surface area contributed by atoms with Gasteiger partial charge in [0.2, 0.25) is 0 Å². The van der Waals surface area contributed by atoms with Gasteiger partial charge < -0.3 is 0 Å². The average molecular weight is 377 g/mol. The van der Waals surface area contributed by atoms with Gasteiger partial charge in [-0.25, -0.2) is 13.9 Å². The van der Waals surface area contributed by atoms with Gasteiger partial charge in [0, 0.05) is 17.7 Å². The van der Waals surface area contributed by atoms with Gasteiger partial charge >= 0.3 is 5.69 Å². The first-order chi connectivity index (χ1) is 13.6. The number of rotatable bonds is 4. The Morgan fingerprint density at radius 1 is 1.04 bits per heavy atom. The Kier molecular flexibility index (Phi) is 5.33. The van der Waals surface area contributed by atoms with Crippen LogP contribution in [0.15, 0.2) is 53.3 Å². The number of nitrogens with zero attached hydrogens (tertiary/aromatic N) is 3.